The summed E-state index contributed by atoms with van der Waals surface area (Å²) in [6.07, 6.45) is 4.99. The zero-order valence-electron chi connectivity index (χ0n) is 9.53. The lowest BCUT2D eigenvalue weighted by atomic mass is 10.0. The topological polar surface area (TPSA) is 50.4 Å². The summed E-state index contributed by atoms with van der Waals surface area (Å²) in [5, 5.41) is 10.6. The second-order valence-corrected chi connectivity index (χ2v) is 4.56. The predicted octanol–water partition coefficient (Wildman–Crippen LogP) is 2.77. The minimum Gasteiger partial charge on any atom is -0.504 e. The molecule has 1 N–H and O–H groups in total. The van der Waals surface area contributed by atoms with Gasteiger partial charge in [0.2, 0.25) is 0 Å². The monoisotopic (exact) mass is 230 g/mol. The lowest BCUT2D eigenvalue weighted by Gasteiger charge is -2.08. The first-order valence-electron chi connectivity index (χ1n) is 6.04. The van der Waals surface area contributed by atoms with Crippen LogP contribution in [0.25, 0.3) is 11.0 Å². The van der Waals surface area contributed by atoms with E-state index in [0.29, 0.717) is 5.58 Å². The third kappa shape index (κ3) is 1.62. The van der Waals surface area contributed by atoms with E-state index in [2.05, 4.69) is 0 Å². The Morgan fingerprint density at radius 3 is 2.65 bits per heavy atom. The number of hydrogen-bond donors (Lipinski definition) is 1. The van der Waals surface area contributed by atoms with Crippen molar-refractivity contribution in [1.29, 1.82) is 0 Å². The Kier molecular flexibility index (Phi) is 2.39. The van der Waals surface area contributed by atoms with Gasteiger partial charge in [-0.2, -0.15) is 0 Å². The maximum Gasteiger partial charge on any atom is 0.339 e. The average Bonchev–Trinajstić information content (AvgIpc) is 2.57. The summed E-state index contributed by atoms with van der Waals surface area (Å²) in [5.74, 6) is 0.0478. The van der Waals surface area contributed by atoms with Crippen molar-refractivity contribution in [3.63, 3.8) is 0 Å². The van der Waals surface area contributed by atoms with Gasteiger partial charge in [0.05, 0.1) is 0 Å². The molecule has 0 saturated carbocycles. The number of hydrogen-bond acceptors (Lipinski definition) is 3. The van der Waals surface area contributed by atoms with Crippen LogP contribution in [0.15, 0.2) is 27.4 Å². The molecule has 3 rings (SSSR count). The fourth-order valence-electron chi connectivity index (χ4n) is 2.63. The molecule has 1 aliphatic rings. The highest BCUT2D eigenvalue weighted by molar-refractivity contribution is 5.86. The molecule has 0 bridgehead atoms. The van der Waals surface area contributed by atoms with Crippen molar-refractivity contribution in [3.05, 3.63) is 39.7 Å². The van der Waals surface area contributed by atoms with E-state index in [-0.39, 0.29) is 11.4 Å². The van der Waals surface area contributed by atoms with E-state index in [1.807, 2.05) is 6.07 Å². The molecule has 0 atom stereocenters. The molecule has 1 aliphatic carbocycles. The van der Waals surface area contributed by atoms with Crippen LogP contribution in [0.5, 0.6) is 5.75 Å². The Hall–Kier alpha value is -1.77. The normalized spacial score (nSPS) is 15.5. The first-order valence-corrected chi connectivity index (χ1v) is 6.04. The van der Waals surface area contributed by atoms with Crippen molar-refractivity contribution in [2.24, 2.45) is 0 Å². The third-order valence-corrected chi connectivity index (χ3v) is 3.48. The van der Waals surface area contributed by atoms with E-state index in [0.717, 1.165) is 48.6 Å². The molecule has 0 amide bonds. The van der Waals surface area contributed by atoms with Gasteiger partial charge < -0.3 is 9.52 Å². The lowest BCUT2D eigenvalue weighted by Crippen LogP contribution is -2.10. The fraction of sp³-hybridized carbons (Fsp3) is 0.357. The Labute approximate surface area is 98.7 Å². The van der Waals surface area contributed by atoms with Gasteiger partial charge in [0, 0.05) is 10.9 Å². The molecular weight excluding hydrogens is 216 g/mol. The molecule has 0 unspecified atom stereocenters. The minimum absolute atomic E-state index is 0.0478. The van der Waals surface area contributed by atoms with E-state index in [9.17, 15) is 9.90 Å². The van der Waals surface area contributed by atoms with Crippen molar-refractivity contribution < 1.29 is 9.52 Å². The number of benzene rings is 1. The van der Waals surface area contributed by atoms with Crippen LogP contribution in [0.4, 0.5) is 0 Å². The van der Waals surface area contributed by atoms with Gasteiger partial charge in [-0.1, -0.05) is 18.6 Å². The summed E-state index contributed by atoms with van der Waals surface area (Å²) in [5.41, 5.74) is 1.93. The molecule has 3 heteroatoms. The summed E-state index contributed by atoms with van der Waals surface area (Å²) < 4.78 is 5.24. The third-order valence-electron chi connectivity index (χ3n) is 3.48. The second kappa shape index (κ2) is 3.91. The molecule has 0 spiro atoms. The average molecular weight is 230 g/mol. The van der Waals surface area contributed by atoms with E-state index in [4.69, 9.17) is 4.42 Å². The van der Waals surface area contributed by atoms with Crippen molar-refractivity contribution in [1.82, 2.24) is 0 Å². The first kappa shape index (κ1) is 10.4. The smallest absolute Gasteiger partial charge is 0.339 e. The Morgan fingerprint density at radius 2 is 1.82 bits per heavy atom. The van der Waals surface area contributed by atoms with Gasteiger partial charge in [0.25, 0.3) is 0 Å². The molecule has 1 aromatic heterocycles. The molecule has 0 aliphatic heterocycles. The Morgan fingerprint density at radius 1 is 1.06 bits per heavy atom. The maximum absolute atomic E-state index is 11.9. The zero-order chi connectivity index (χ0) is 11.8. The highest BCUT2D eigenvalue weighted by Gasteiger charge is 2.17. The number of para-hydroxylation sites is 1. The van der Waals surface area contributed by atoms with Gasteiger partial charge in [-0.3, -0.25) is 0 Å². The summed E-state index contributed by atoms with van der Waals surface area (Å²) >= 11 is 0. The van der Waals surface area contributed by atoms with E-state index in [1.54, 1.807) is 12.1 Å². The van der Waals surface area contributed by atoms with E-state index >= 15 is 0 Å². The number of aromatic hydroxyl groups is 1. The standard InChI is InChI=1S/C14H14O3/c15-12-8-4-7-10-9-5-2-1-3-6-11(9)14(16)17-13(10)12/h4,7-8,15H,1-3,5-6H2. The second-order valence-electron chi connectivity index (χ2n) is 4.56. The fourth-order valence-corrected chi connectivity index (χ4v) is 2.63. The predicted molar refractivity (Wildman–Crippen MR) is 65.4 cm³/mol. The number of phenolic OH excluding ortho intramolecular Hbond substituents is 1. The molecule has 17 heavy (non-hydrogen) atoms. The number of rotatable bonds is 0. The van der Waals surface area contributed by atoms with Gasteiger partial charge in [-0.25, -0.2) is 4.79 Å². The van der Waals surface area contributed by atoms with Crippen molar-refractivity contribution in [2.75, 3.05) is 0 Å². The maximum atomic E-state index is 11.9. The molecule has 88 valence electrons. The summed E-state index contributed by atoms with van der Waals surface area (Å²) in [4.78, 5) is 11.9. The zero-order valence-corrected chi connectivity index (χ0v) is 9.53. The molecule has 0 radical (unpaired) electrons. The number of aryl methyl sites for hydroxylation is 1. The summed E-state index contributed by atoms with van der Waals surface area (Å²) in [7, 11) is 0. The molecule has 3 nitrogen and oxygen atoms in total. The molecule has 0 fully saturated rings. The Balaban J connectivity index is 2.40. The molecular formula is C14H14O3. The van der Waals surface area contributed by atoms with Crippen molar-refractivity contribution >= 4 is 11.0 Å². The van der Waals surface area contributed by atoms with Crippen molar-refractivity contribution in [2.45, 2.75) is 32.1 Å². The highest BCUT2D eigenvalue weighted by atomic mass is 16.4. The van der Waals surface area contributed by atoms with Gasteiger partial charge >= 0.3 is 5.63 Å². The van der Waals surface area contributed by atoms with Crippen LogP contribution < -0.4 is 5.63 Å². The van der Waals surface area contributed by atoms with Crippen LogP contribution in [0.2, 0.25) is 0 Å². The molecule has 1 aromatic carbocycles. The SMILES string of the molecule is O=c1oc2c(O)cccc2c2c1CCCCC2. The van der Waals surface area contributed by atoms with Gasteiger partial charge in [-0.05, 0) is 37.3 Å². The summed E-state index contributed by atoms with van der Waals surface area (Å²) in [6, 6.07) is 5.26. The lowest BCUT2D eigenvalue weighted by molar-refractivity contribution is 0.455. The Bertz CT molecular complexity index is 625. The van der Waals surface area contributed by atoms with Crippen LogP contribution in [0, 0.1) is 0 Å². The van der Waals surface area contributed by atoms with Crippen LogP contribution in [0.3, 0.4) is 0 Å². The molecule has 0 saturated heterocycles. The van der Waals surface area contributed by atoms with E-state index in [1.165, 1.54) is 0 Å². The van der Waals surface area contributed by atoms with Crippen LogP contribution in [0.1, 0.15) is 30.4 Å². The minimum atomic E-state index is -0.282. The number of phenols is 1. The van der Waals surface area contributed by atoms with E-state index < -0.39 is 0 Å². The van der Waals surface area contributed by atoms with Gasteiger partial charge in [0.1, 0.15) is 0 Å². The quantitative estimate of drug-likeness (QED) is 0.559. The first-order chi connectivity index (χ1) is 8.27. The van der Waals surface area contributed by atoms with Crippen molar-refractivity contribution in [3.8, 4) is 5.75 Å². The van der Waals surface area contributed by atoms with Crippen LogP contribution >= 0.6 is 0 Å². The molecule has 2 aromatic rings. The van der Waals surface area contributed by atoms with Gasteiger partial charge in [-0.15, -0.1) is 0 Å². The number of fused-ring (bicyclic) bond motifs is 3. The highest BCUT2D eigenvalue weighted by Crippen LogP contribution is 2.30. The van der Waals surface area contributed by atoms with Crippen LogP contribution in [-0.2, 0) is 12.8 Å². The summed E-state index contributed by atoms with van der Waals surface area (Å²) in [6.45, 7) is 0. The molecule has 1 heterocycles. The van der Waals surface area contributed by atoms with Gasteiger partial charge in [0.15, 0.2) is 11.3 Å². The van der Waals surface area contributed by atoms with Crippen LogP contribution in [-0.4, -0.2) is 5.11 Å². The largest absolute Gasteiger partial charge is 0.504 e.